The predicted octanol–water partition coefficient (Wildman–Crippen LogP) is 1.53. The van der Waals surface area contributed by atoms with Crippen molar-refractivity contribution in [3.05, 3.63) is 27.4 Å². The smallest absolute Gasteiger partial charge is 0.423 e. The number of thiophene rings is 1. The van der Waals surface area contributed by atoms with Crippen LogP contribution in [0.25, 0.3) is 5.53 Å². The zero-order valence-electron chi connectivity index (χ0n) is 8.89. The van der Waals surface area contributed by atoms with Crippen molar-refractivity contribution in [1.82, 2.24) is 0 Å². The predicted molar refractivity (Wildman–Crippen MR) is 58.7 cm³/mol. The molecule has 0 aromatic carbocycles. The van der Waals surface area contributed by atoms with Gasteiger partial charge in [0.1, 0.15) is 4.88 Å². The Morgan fingerprint density at radius 1 is 1.44 bits per heavy atom. The van der Waals surface area contributed by atoms with Crippen molar-refractivity contribution in [2.45, 2.75) is 13.8 Å². The number of Topliss-reactive ketones (excluding diaryl/α,β-unsaturated/α-hetero) is 1. The minimum Gasteiger partial charge on any atom is -0.457 e. The fraction of sp³-hybridized carbons (Fsp3) is 0.300. The summed E-state index contributed by atoms with van der Waals surface area (Å²) in [4.78, 5) is 26.2. The van der Waals surface area contributed by atoms with E-state index in [4.69, 9.17) is 10.3 Å². The molecule has 0 spiro atoms. The molecule has 1 rings (SSSR count). The van der Waals surface area contributed by atoms with Crippen LogP contribution in [-0.2, 0) is 9.53 Å². The second-order valence-corrected chi connectivity index (χ2v) is 3.97. The highest BCUT2D eigenvalue weighted by atomic mass is 32.1. The van der Waals surface area contributed by atoms with Crippen LogP contribution in [0.2, 0.25) is 0 Å². The molecule has 1 aromatic heterocycles. The van der Waals surface area contributed by atoms with Gasteiger partial charge in [-0.2, -0.15) is 4.79 Å². The molecule has 0 saturated heterocycles. The zero-order chi connectivity index (χ0) is 12.1. The van der Waals surface area contributed by atoms with E-state index in [0.29, 0.717) is 9.75 Å². The molecule has 84 valence electrons. The van der Waals surface area contributed by atoms with Crippen molar-refractivity contribution in [2.75, 3.05) is 6.61 Å². The van der Waals surface area contributed by atoms with E-state index in [2.05, 4.69) is 4.79 Å². The molecule has 0 unspecified atom stereocenters. The van der Waals surface area contributed by atoms with Gasteiger partial charge in [-0.25, -0.2) is 4.79 Å². The summed E-state index contributed by atoms with van der Waals surface area (Å²) in [5.74, 6) is -0.806. The third-order valence-electron chi connectivity index (χ3n) is 1.76. The Balaban J connectivity index is 3.01. The average molecular weight is 238 g/mol. The van der Waals surface area contributed by atoms with Gasteiger partial charge < -0.3 is 10.3 Å². The van der Waals surface area contributed by atoms with E-state index < -0.39 is 5.97 Å². The van der Waals surface area contributed by atoms with E-state index in [1.807, 2.05) is 0 Å². The lowest BCUT2D eigenvalue weighted by Gasteiger charge is -1.94. The maximum atomic E-state index is 11.4. The van der Waals surface area contributed by atoms with Gasteiger partial charge in [-0.15, -0.1) is 11.3 Å². The number of carbonyl (C=O) groups excluding carboxylic acids is 2. The fourth-order valence-electron chi connectivity index (χ4n) is 1.04. The molecule has 16 heavy (non-hydrogen) atoms. The molecule has 0 aliphatic heterocycles. The molecule has 0 fully saturated rings. The summed E-state index contributed by atoms with van der Waals surface area (Å²) in [7, 11) is 0. The number of rotatable bonds is 4. The van der Waals surface area contributed by atoms with Crippen LogP contribution in [0.3, 0.4) is 0 Å². The number of ether oxygens (including phenoxy) is 1. The van der Waals surface area contributed by atoms with Gasteiger partial charge in [0.05, 0.1) is 11.5 Å². The minimum atomic E-state index is -0.707. The molecule has 1 aromatic rings. The fourth-order valence-corrected chi connectivity index (χ4v) is 1.92. The molecule has 0 aliphatic rings. The van der Waals surface area contributed by atoms with Gasteiger partial charge in [0.2, 0.25) is 0 Å². The third kappa shape index (κ3) is 2.62. The van der Waals surface area contributed by atoms with Crippen LogP contribution in [0.1, 0.15) is 28.4 Å². The summed E-state index contributed by atoms with van der Waals surface area (Å²) < 4.78 is 4.71. The topological polar surface area (TPSA) is 79.8 Å². The molecule has 1 heterocycles. The maximum absolute atomic E-state index is 11.4. The number of carbonyl (C=O) groups is 2. The average Bonchev–Trinajstić information content (AvgIpc) is 2.68. The SMILES string of the molecule is CCOC(=O)C(=[N+]=[N-])c1ccc(C(C)=O)s1. The molecule has 0 N–H and O–H groups in total. The Kier molecular flexibility index (Phi) is 4.10. The Labute approximate surface area is 96.3 Å². The van der Waals surface area contributed by atoms with Crippen molar-refractivity contribution >= 4 is 28.8 Å². The van der Waals surface area contributed by atoms with E-state index in [9.17, 15) is 9.59 Å². The van der Waals surface area contributed by atoms with Crippen LogP contribution in [0.4, 0.5) is 0 Å². The lowest BCUT2D eigenvalue weighted by Crippen LogP contribution is -2.18. The van der Waals surface area contributed by atoms with Crippen molar-refractivity contribution in [3.8, 4) is 0 Å². The quantitative estimate of drug-likeness (QED) is 0.262. The third-order valence-corrected chi connectivity index (χ3v) is 2.95. The summed E-state index contributed by atoms with van der Waals surface area (Å²) in [5.41, 5.74) is 8.55. The second-order valence-electron chi connectivity index (χ2n) is 2.89. The highest BCUT2D eigenvalue weighted by Gasteiger charge is 2.26. The van der Waals surface area contributed by atoms with Gasteiger partial charge in [0.15, 0.2) is 5.78 Å². The number of nitrogens with zero attached hydrogens (tertiary/aromatic N) is 2. The summed E-state index contributed by atoms with van der Waals surface area (Å²) in [5, 5.41) is 0. The molecule has 6 heteroatoms. The van der Waals surface area contributed by atoms with Gasteiger partial charge >= 0.3 is 11.7 Å². The van der Waals surface area contributed by atoms with Crippen molar-refractivity contribution < 1.29 is 19.1 Å². The van der Waals surface area contributed by atoms with E-state index in [1.165, 1.54) is 6.92 Å². The highest BCUT2D eigenvalue weighted by Crippen LogP contribution is 2.17. The van der Waals surface area contributed by atoms with Gasteiger partial charge in [-0.05, 0) is 26.0 Å². The van der Waals surface area contributed by atoms with Crippen LogP contribution in [-0.4, -0.2) is 28.9 Å². The Bertz CT molecular complexity index is 472. The first-order valence-electron chi connectivity index (χ1n) is 4.60. The van der Waals surface area contributed by atoms with Gasteiger partial charge in [0, 0.05) is 0 Å². The first-order chi connectivity index (χ1) is 7.60. The van der Waals surface area contributed by atoms with Crippen molar-refractivity contribution in [2.24, 2.45) is 0 Å². The summed E-state index contributed by atoms with van der Waals surface area (Å²) in [6.45, 7) is 3.28. The molecule has 0 amide bonds. The highest BCUT2D eigenvalue weighted by molar-refractivity contribution is 7.16. The van der Waals surface area contributed by atoms with E-state index in [-0.39, 0.29) is 18.1 Å². The maximum Gasteiger partial charge on any atom is 0.423 e. The summed E-state index contributed by atoms with van der Waals surface area (Å²) >= 11 is 1.09. The molecule has 0 atom stereocenters. The first-order valence-corrected chi connectivity index (χ1v) is 5.42. The summed E-state index contributed by atoms with van der Waals surface area (Å²) in [6, 6.07) is 3.13. The number of esters is 1. The number of hydrogen-bond donors (Lipinski definition) is 0. The van der Waals surface area contributed by atoms with Gasteiger partial charge in [0.25, 0.3) is 0 Å². The Hall–Kier alpha value is -1.78. The standard InChI is InChI=1S/C10H10N2O3S/c1-3-15-10(14)9(12-11)8-5-4-7(16-8)6(2)13/h4-5H,3H2,1-2H3. The van der Waals surface area contributed by atoms with Crippen molar-refractivity contribution in [1.29, 1.82) is 0 Å². The molecule has 0 saturated carbocycles. The minimum absolute atomic E-state index is 0.0996. The molecular formula is C10H10N2O3S. The van der Waals surface area contributed by atoms with E-state index in [1.54, 1.807) is 19.1 Å². The van der Waals surface area contributed by atoms with Gasteiger partial charge in [-0.3, -0.25) is 4.79 Å². The lowest BCUT2D eigenvalue weighted by atomic mass is 10.3. The van der Waals surface area contributed by atoms with Crippen LogP contribution in [0.5, 0.6) is 0 Å². The first kappa shape index (κ1) is 12.3. The summed E-state index contributed by atoms with van der Waals surface area (Å²) in [6.07, 6.45) is 0. The number of hydrogen-bond acceptors (Lipinski definition) is 4. The molecule has 0 radical (unpaired) electrons. The normalized spacial score (nSPS) is 9.38. The van der Waals surface area contributed by atoms with Crippen LogP contribution >= 0.6 is 11.3 Å². The zero-order valence-corrected chi connectivity index (χ0v) is 9.71. The number of ketones is 1. The Morgan fingerprint density at radius 2 is 2.06 bits per heavy atom. The largest absolute Gasteiger partial charge is 0.457 e. The Morgan fingerprint density at radius 3 is 2.50 bits per heavy atom. The van der Waals surface area contributed by atoms with E-state index >= 15 is 0 Å². The second kappa shape index (κ2) is 5.34. The van der Waals surface area contributed by atoms with Gasteiger partial charge in [-0.1, -0.05) is 0 Å². The molecular weight excluding hydrogens is 228 g/mol. The van der Waals surface area contributed by atoms with E-state index in [0.717, 1.165) is 11.3 Å². The molecule has 0 bridgehead atoms. The molecule has 5 nitrogen and oxygen atoms in total. The van der Waals surface area contributed by atoms with Crippen LogP contribution in [0.15, 0.2) is 12.1 Å². The lowest BCUT2D eigenvalue weighted by molar-refractivity contribution is -0.139. The monoisotopic (exact) mass is 238 g/mol. The van der Waals surface area contributed by atoms with Crippen molar-refractivity contribution in [3.63, 3.8) is 0 Å². The van der Waals surface area contributed by atoms with Crippen LogP contribution in [0, 0.1) is 0 Å². The molecule has 0 aliphatic carbocycles. The van der Waals surface area contributed by atoms with Crippen LogP contribution < -0.4 is 0 Å².